The number of methoxy groups -OCH3 is 2. The minimum absolute atomic E-state index is 0.0135. The van der Waals surface area contributed by atoms with Crippen molar-refractivity contribution in [2.45, 2.75) is 13.0 Å². The molecule has 0 radical (unpaired) electrons. The number of halogens is 1. The van der Waals surface area contributed by atoms with E-state index < -0.39 is 0 Å². The van der Waals surface area contributed by atoms with E-state index in [2.05, 4.69) is 6.58 Å². The van der Waals surface area contributed by atoms with Crippen molar-refractivity contribution < 1.29 is 9.47 Å². The molecule has 11 heavy (non-hydrogen) atoms. The van der Waals surface area contributed by atoms with E-state index in [1.165, 1.54) is 0 Å². The third-order valence-electron chi connectivity index (χ3n) is 1.25. The maximum absolute atomic E-state index is 5.60. The predicted molar refractivity (Wildman–Crippen MR) is 46.6 cm³/mol. The Balaban J connectivity index is 4.22. The van der Waals surface area contributed by atoms with Crippen LogP contribution in [-0.4, -0.2) is 20.3 Å². The minimum atomic E-state index is -0.0135. The van der Waals surface area contributed by atoms with Gasteiger partial charge in [-0.2, -0.15) is 0 Å². The van der Waals surface area contributed by atoms with Gasteiger partial charge in [-0.3, -0.25) is 0 Å². The van der Waals surface area contributed by atoms with Crippen LogP contribution >= 0.6 is 11.6 Å². The number of ether oxygens (including phenoxy) is 2. The molecule has 1 atom stereocenters. The van der Waals surface area contributed by atoms with Crippen molar-refractivity contribution in [1.29, 1.82) is 0 Å². The standard InChI is InChI=1S/C8H13ClO2/c1-6(10-3)5-8(11-4)7(2)9/h5-6H,2H2,1,3-4H3/b8-5+. The van der Waals surface area contributed by atoms with Crippen molar-refractivity contribution in [3.63, 3.8) is 0 Å². The Bertz CT molecular complexity index is 163. The number of rotatable bonds is 4. The summed E-state index contributed by atoms with van der Waals surface area (Å²) in [5.74, 6) is 0.556. The molecule has 0 N–H and O–H groups in total. The number of hydrogen-bond donors (Lipinski definition) is 0. The fourth-order valence-corrected chi connectivity index (χ4v) is 0.691. The fourth-order valence-electron chi connectivity index (χ4n) is 0.550. The van der Waals surface area contributed by atoms with Crippen molar-refractivity contribution in [3.8, 4) is 0 Å². The molecule has 0 saturated carbocycles. The van der Waals surface area contributed by atoms with Crippen molar-refractivity contribution in [1.82, 2.24) is 0 Å². The summed E-state index contributed by atoms with van der Waals surface area (Å²) >= 11 is 5.60. The summed E-state index contributed by atoms with van der Waals surface area (Å²) in [7, 11) is 3.16. The van der Waals surface area contributed by atoms with Gasteiger partial charge in [0.1, 0.15) is 5.76 Å². The molecule has 1 unspecified atom stereocenters. The first kappa shape index (κ1) is 10.5. The summed E-state index contributed by atoms with van der Waals surface area (Å²) in [6.07, 6.45) is 1.75. The first-order valence-corrected chi connectivity index (χ1v) is 3.63. The van der Waals surface area contributed by atoms with E-state index in [9.17, 15) is 0 Å². The van der Waals surface area contributed by atoms with E-state index in [0.717, 1.165) is 0 Å². The summed E-state index contributed by atoms with van der Waals surface area (Å²) in [6, 6.07) is 0. The SMILES string of the molecule is C=C(Cl)/C(=C\C(C)OC)OC. The number of hydrogen-bond acceptors (Lipinski definition) is 2. The molecule has 3 heteroatoms. The maximum Gasteiger partial charge on any atom is 0.135 e. The van der Waals surface area contributed by atoms with Gasteiger partial charge in [-0.1, -0.05) is 18.2 Å². The molecule has 0 aromatic rings. The summed E-state index contributed by atoms with van der Waals surface area (Å²) < 4.78 is 9.91. The van der Waals surface area contributed by atoms with E-state index >= 15 is 0 Å². The third-order valence-corrected chi connectivity index (χ3v) is 1.43. The molecule has 0 aliphatic carbocycles. The smallest absolute Gasteiger partial charge is 0.135 e. The summed E-state index contributed by atoms with van der Waals surface area (Å²) in [5.41, 5.74) is 0. The average molecular weight is 177 g/mol. The normalized spacial score (nSPS) is 14.4. The molecule has 0 rings (SSSR count). The fraction of sp³-hybridized carbons (Fsp3) is 0.500. The molecular weight excluding hydrogens is 164 g/mol. The highest BCUT2D eigenvalue weighted by atomic mass is 35.5. The zero-order valence-corrected chi connectivity index (χ0v) is 7.81. The topological polar surface area (TPSA) is 18.5 Å². The Morgan fingerprint density at radius 3 is 2.36 bits per heavy atom. The summed E-state index contributed by atoms with van der Waals surface area (Å²) in [4.78, 5) is 0. The predicted octanol–water partition coefficient (Wildman–Crippen LogP) is 2.30. The van der Waals surface area contributed by atoms with Crippen molar-refractivity contribution in [2.75, 3.05) is 14.2 Å². The van der Waals surface area contributed by atoms with Crippen LogP contribution in [-0.2, 0) is 9.47 Å². The lowest BCUT2D eigenvalue weighted by molar-refractivity contribution is 0.151. The second-order valence-corrected chi connectivity index (χ2v) is 2.54. The van der Waals surface area contributed by atoms with Gasteiger partial charge >= 0.3 is 0 Å². The molecular formula is C8H13ClO2. The molecule has 0 aliphatic heterocycles. The lowest BCUT2D eigenvalue weighted by atomic mass is 10.3. The molecule has 0 bridgehead atoms. The van der Waals surface area contributed by atoms with Crippen LogP contribution in [0.4, 0.5) is 0 Å². The van der Waals surface area contributed by atoms with Crippen LogP contribution in [0.2, 0.25) is 0 Å². The van der Waals surface area contributed by atoms with E-state index in [0.29, 0.717) is 10.8 Å². The highest BCUT2D eigenvalue weighted by Gasteiger charge is 2.01. The van der Waals surface area contributed by atoms with Crippen molar-refractivity contribution in [2.24, 2.45) is 0 Å². The van der Waals surface area contributed by atoms with Gasteiger partial charge in [-0.15, -0.1) is 0 Å². The van der Waals surface area contributed by atoms with Gasteiger partial charge in [0.15, 0.2) is 0 Å². The molecule has 0 amide bonds. The van der Waals surface area contributed by atoms with Crippen LogP contribution in [0.5, 0.6) is 0 Å². The molecule has 2 nitrogen and oxygen atoms in total. The molecule has 0 saturated heterocycles. The van der Waals surface area contributed by atoms with Crippen LogP contribution in [0.3, 0.4) is 0 Å². The van der Waals surface area contributed by atoms with Crippen LogP contribution in [0.25, 0.3) is 0 Å². The van der Waals surface area contributed by atoms with Gasteiger partial charge in [-0.05, 0) is 13.0 Å². The molecule has 0 aromatic heterocycles. The lowest BCUT2D eigenvalue weighted by Crippen LogP contribution is -2.02. The minimum Gasteiger partial charge on any atom is -0.495 e. The van der Waals surface area contributed by atoms with E-state index in [1.807, 2.05) is 6.92 Å². The Morgan fingerprint density at radius 2 is 2.09 bits per heavy atom. The largest absolute Gasteiger partial charge is 0.495 e. The zero-order chi connectivity index (χ0) is 8.85. The van der Waals surface area contributed by atoms with Crippen LogP contribution in [0.15, 0.2) is 23.4 Å². The van der Waals surface area contributed by atoms with Crippen molar-refractivity contribution in [3.05, 3.63) is 23.4 Å². The highest BCUT2D eigenvalue weighted by molar-refractivity contribution is 6.31. The van der Waals surface area contributed by atoms with E-state index in [-0.39, 0.29) is 6.10 Å². The van der Waals surface area contributed by atoms with Gasteiger partial charge in [0.05, 0.1) is 18.2 Å². The third kappa shape index (κ3) is 4.06. The first-order chi connectivity index (χ1) is 5.11. The first-order valence-electron chi connectivity index (χ1n) is 3.25. The molecule has 0 heterocycles. The van der Waals surface area contributed by atoms with E-state index in [1.54, 1.807) is 20.3 Å². The Hall–Kier alpha value is -0.470. The summed E-state index contributed by atoms with van der Waals surface area (Å²) in [5, 5.41) is 0.386. The molecule has 0 fully saturated rings. The molecule has 0 aliphatic rings. The second kappa shape index (κ2) is 5.22. The number of allylic oxidation sites excluding steroid dienone is 1. The van der Waals surface area contributed by atoms with Gasteiger partial charge in [-0.25, -0.2) is 0 Å². The van der Waals surface area contributed by atoms with Gasteiger partial charge < -0.3 is 9.47 Å². The molecule has 0 aromatic carbocycles. The highest BCUT2D eigenvalue weighted by Crippen LogP contribution is 2.13. The Labute approximate surface area is 72.4 Å². The van der Waals surface area contributed by atoms with Crippen molar-refractivity contribution >= 4 is 11.6 Å². The van der Waals surface area contributed by atoms with Crippen LogP contribution in [0.1, 0.15) is 6.92 Å². The lowest BCUT2D eigenvalue weighted by Gasteiger charge is -2.07. The Kier molecular flexibility index (Phi) is 4.99. The Morgan fingerprint density at radius 1 is 1.55 bits per heavy atom. The average Bonchev–Trinajstić information content (AvgIpc) is 1.99. The molecule has 64 valence electrons. The molecule has 0 spiro atoms. The second-order valence-electron chi connectivity index (χ2n) is 2.08. The maximum atomic E-state index is 5.60. The van der Waals surface area contributed by atoms with Gasteiger partial charge in [0.2, 0.25) is 0 Å². The van der Waals surface area contributed by atoms with Crippen LogP contribution < -0.4 is 0 Å². The van der Waals surface area contributed by atoms with E-state index in [4.69, 9.17) is 21.1 Å². The quantitative estimate of drug-likeness (QED) is 0.484. The van der Waals surface area contributed by atoms with Gasteiger partial charge in [0, 0.05) is 7.11 Å². The monoisotopic (exact) mass is 176 g/mol. The zero-order valence-electron chi connectivity index (χ0n) is 7.06. The summed E-state index contributed by atoms with van der Waals surface area (Å²) in [6.45, 7) is 5.42. The van der Waals surface area contributed by atoms with Gasteiger partial charge in [0.25, 0.3) is 0 Å². The van der Waals surface area contributed by atoms with Crippen LogP contribution in [0, 0.1) is 0 Å².